The fourth-order valence-corrected chi connectivity index (χ4v) is 2.59. The van der Waals surface area contributed by atoms with E-state index >= 15 is 0 Å². The zero-order valence-corrected chi connectivity index (χ0v) is 18.1. The first-order chi connectivity index (χ1) is 12.0. The molecule has 5 nitrogen and oxygen atoms in total. The summed E-state index contributed by atoms with van der Waals surface area (Å²) in [6.45, 7) is 7.08. The molecular formula is C20H27IN4O. The Morgan fingerprint density at radius 2 is 2.00 bits per heavy atom. The van der Waals surface area contributed by atoms with E-state index in [4.69, 9.17) is 4.74 Å². The highest BCUT2D eigenvalue weighted by Crippen LogP contribution is 2.28. The van der Waals surface area contributed by atoms with Crippen molar-refractivity contribution in [3.05, 3.63) is 53.2 Å². The maximum atomic E-state index is 5.89. The topological polar surface area (TPSA) is 58.5 Å². The Hall–Kier alpha value is -1.83. The Kier molecular flexibility index (Phi) is 7.25. The number of rotatable bonds is 5. The van der Waals surface area contributed by atoms with Gasteiger partial charge in [-0.05, 0) is 61.1 Å². The van der Waals surface area contributed by atoms with Gasteiger partial charge in [0.05, 0.1) is 0 Å². The fourth-order valence-electron chi connectivity index (χ4n) is 2.59. The quantitative estimate of drug-likeness (QED) is 0.395. The maximum absolute atomic E-state index is 5.89. The van der Waals surface area contributed by atoms with Crippen molar-refractivity contribution in [2.24, 2.45) is 10.9 Å². The lowest BCUT2D eigenvalue weighted by Gasteiger charge is -2.12. The van der Waals surface area contributed by atoms with E-state index in [1.165, 1.54) is 17.5 Å². The van der Waals surface area contributed by atoms with Gasteiger partial charge < -0.3 is 15.4 Å². The summed E-state index contributed by atoms with van der Waals surface area (Å²) in [6.07, 6.45) is 2.98. The lowest BCUT2D eigenvalue weighted by molar-refractivity contribution is 0.461. The molecule has 26 heavy (non-hydrogen) atoms. The molecule has 140 valence electrons. The van der Waals surface area contributed by atoms with Gasteiger partial charge in [0, 0.05) is 31.9 Å². The molecule has 0 amide bonds. The van der Waals surface area contributed by atoms with Crippen molar-refractivity contribution < 1.29 is 4.74 Å². The van der Waals surface area contributed by atoms with Crippen molar-refractivity contribution in [3.63, 3.8) is 0 Å². The lowest BCUT2D eigenvalue weighted by Crippen LogP contribution is -2.38. The van der Waals surface area contributed by atoms with E-state index in [0.29, 0.717) is 18.5 Å². The third-order valence-corrected chi connectivity index (χ3v) is 4.62. The highest BCUT2D eigenvalue weighted by atomic mass is 127. The van der Waals surface area contributed by atoms with E-state index in [0.717, 1.165) is 23.2 Å². The summed E-state index contributed by atoms with van der Waals surface area (Å²) in [6, 6.07) is 10.5. The minimum absolute atomic E-state index is 0. The average Bonchev–Trinajstić information content (AvgIpc) is 3.30. The number of nitrogens with one attached hydrogen (secondary N) is 2. The van der Waals surface area contributed by atoms with Gasteiger partial charge in [0.25, 0.3) is 0 Å². The van der Waals surface area contributed by atoms with Crippen LogP contribution < -0.4 is 15.4 Å². The Morgan fingerprint density at radius 3 is 2.65 bits per heavy atom. The average molecular weight is 466 g/mol. The van der Waals surface area contributed by atoms with Gasteiger partial charge in [-0.1, -0.05) is 13.0 Å². The van der Waals surface area contributed by atoms with Crippen LogP contribution in [0.3, 0.4) is 0 Å². The number of benzene rings is 1. The number of halogens is 1. The van der Waals surface area contributed by atoms with E-state index in [1.54, 1.807) is 13.2 Å². The van der Waals surface area contributed by atoms with Gasteiger partial charge >= 0.3 is 0 Å². The summed E-state index contributed by atoms with van der Waals surface area (Å²) in [7, 11) is 1.79. The van der Waals surface area contributed by atoms with Crippen LogP contribution in [-0.2, 0) is 6.54 Å². The second kappa shape index (κ2) is 9.21. The number of hydrogen-bond acceptors (Lipinski definition) is 3. The molecule has 1 aliphatic rings. The zero-order chi connectivity index (χ0) is 17.8. The standard InChI is InChI=1S/C20H26N4O.HI/c1-13-5-6-17(9-14(13)2)25-19-11-16(7-8-22-19)12-23-20(21-4)24-18-10-15(18)3;/h5-9,11,15,18H,10,12H2,1-4H3,(H2,21,23,24);1H. The smallest absolute Gasteiger partial charge is 0.219 e. The number of hydrogen-bond donors (Lipinski definition) is 2. The number of nitrogens with zero attached hydrogens (tertiary/aromatic N) is 2. The number of guanidine groups is 1. The van der Waals surface area contributed by atoms with E-state index < -0.39 is 0 Å². The number of aromatic nitrogens is 1. The minimum atomic E-state index is 0. The molecule has 6 heteroatoms. The molecule has 0 spiro atoms. The summed E-state index contributed by atoms with van der Waals surface area (Å²) >= 11 is 0. The maximum Gasteiger partial charge on any atom is 0.219 e. The SMILES string of the molecule is CN=C(NCc1ccnc(Oc2ccc(C)c(C)c2)c1)NC1CC1C.I. The normalized spacial score (nSPS) is 18.7. The summed E-state index contributed by atoms with van der Waals surface area (Å²) in [5, 5.41) is 6.76. The molecule has 0 saturated heterocycles. The summed E-state index contributed by atoms with van der Waals surface area (Å²) in [5.41, 5.74) is 3.56. The van der Waals surface area contributed by atoms with E-state index in [-0.39, 0.29) is 24.0 Å². The van der Waals surface area contributed by atoms with Gasteiger partial charge in [0.15, 0.2) is 5.96 Å². The van der Waals surface area contributed by atoms with Crippen LogP contribution in [0.1, 0.15) is 30.0 Å². The second-order valence-corrected chi connectivity index (χ2v) is 6.74. The number of ether oxygens (including phenoxy) is 1. The van der Waals surface area contributed by atoms with Gasteiger partial charge in [-0.3, -0.25) is 4.99 Å². The van der Waals surface area contributed by atoms with Crippen LogP contribution in [0.2, 0.25) is 0 Å². The number of aryl methyl sites for hydroxylation is 2. The molecule has 2 aromatic rings. The second-order valence-electron chi connectivity index (χ2n) is 6.74. The predicted molar refractivity (Wildman–Crippen MR) is 117 cm³/mol. The summed E-state index contributed by atoms with van der Waals surface area (Å²) in [4.78, 5) is 8.58. The predicted octanol–water partition coefficient (Wildman–Crippen LogP) is 4.18. The molecule has 2 atom stereocenters. The largest absolute Gasteiger partial charge is 0.439 e. The van der Waals surface area contributed by atoms with Crippen LogP contribution in [0.5, 0.6) is 11.6 Å². The third-order valence-electron chi connectivity index (χ3n) is 4.62. The van der Waals surface area contributed by atoms with Gasteiger partial charge in [-0.2, -0.15) is 0 Å². The first-order valence-corrected chi connectivity index (χ1v) is 8.72. The first kappa shape index (κ1) is 20.5. The van der Waals surface area contributed by atoms with Crippen molar-refractivity contribution >= 4 is 29.9 Å². The van der Waals surface area contributed by atoms with Crippen LogP contribution in [0.15, 0.2) is 41.5 Å². The lowest BCUT2D eigenvalue weighted by atomic mass is 10.1. The zero-order valence-electron chi connectivity index (χ0n) is 15.7. The molecule has 1 heterocycles. The molecule has 2 N–H and O–H groups in total. The number of pyridine rings is 1. The third kappa shape index (κ3) is 5.59. The number of aliphatic imine (C=N–C) groups is 1. The monoisotopic (exact) mass is 466 g/mol. The van der Waals surface area contributed by atoms with Crippen molar-refractivity contribution in [2.45, 2.75) is 39.8 Å². The Labute approximate surface area is 172 Å². The Bertz CT molecular complexity index is 778. The molecule has 1 saturated carbocycles. The van der Waals surface area contributed by atoms with Gasteiger partial charge in [-0.15, -0.1) is 24.0 Å². The fraction of sp³-hybridized carbons (Fsp3) is 0.400. The molecule has 0 radical (unpaired) electrons. The van der Waals surface area contributed by atoms with Crippen LogP contribution in [0.4, 0.5) is 0 Å². The van der Waals surface area contributed by atoms with Crippen molar-refractivity contribution in [1.82, 2.24) is 15.6 Å². The van der Waals surface area contributed by atoms with Crippen LogP contribution in [0.25, 0.3) is 0 Å². The molecule has 1 aromatic carbocycles. The molecule has 1 aliphatic carbocycles. The molecular weight excluding hydrogens is 439 g/mol. The van der Waals surface area contributed by atoms with Gasteiger partial charge in [-0.25, -0.2) is 4.98 Å². The van der Waals surface area contributed by atoms with Crippen LogP contribution in [-0.4, -0.2) is 24.0 Å². The molecule has 0 aliphatic heterocycles. The van der Waals surface area contributed by atoms with Crippen molar-refractivity contribution in [2.75, 3.05) is 7.05 Å². The Morgan fingerprint density at radius 1 is 1.23 bits per heavy atom. The summed E-state index contributed by atoms with van der Waals surface area (Å²) < 4.78 is 5.89. The van der Waals surface area contributed by atoms with Gasteiger partial charge in [0.2, 0.25) is 5.88 Å². The van der Waals surface area contributed by atoms with E-state index in [2.05, 4.69) is 47.4 Å². The van der Waals surface area contributed by atoms with Crippen LogP contribution >= 0.6 is 24.0 Å². The highest BCUT2D eigenvalue weighted by Gasteiger charge is 2.33. The molecule has 3 rings (SSSR count). The van der Waals surface area contributed by atoms with Gasteiger partial charge in [0.1, 0.15) is 5.75 Å². The molecule has 1 aromatic heterocycles. The summed E-state index contributed by atoms with van der Waals surface area (Å²) in [5.74, 6) is 2.97. The van der Waals surface area contributed by atoms with E-state index in [9.17, 15) is 0 Å². The highest BCUT2D eigenvalue weighted by molar-refractivity contribution is 14.0. The van der Waals surface area contributed by atoms with Crippen LogP contribution in [0, 0.1) is 19.8 Å². The van der Waals surface area contributed by atoms with Crippen molar-refractivity contribution in [1.29, 1.82) is 0 Å². The first-order valence-electron chi connectivity index (χ1n) is 8.72. The van der Waals surface area contributed by atoms with Crippen molar-refractivity contribution in [3.8, 4) is 11.6 Å². The molecule has 1 fully saturated rings. The Balaban J connectivity index is 0.00000243. The minimum Gasteiger partial charge on any atom is -0.439 e. The molecule has 0 bridgehead atoms. The van der Waals surface area contributed by atoms with E-state index in [1.807, 2.05) is 24.3 Å². The molecule has 2 unspecified atom stereocenters.